The molecule has 0 saturated carbocycles. The van der Waals surface area contributed by atoms with Crippen molar-refractivity contribution in [1.82, 2.24) is 5.32 Å². The SMILES string of the molecule is CCCOc1ccc(C(NC)c2ccc(Cl)cc2F)cc1. The van der Waals surface area contributed by atoms with Gasteiger partial charge in [-0.15, -0.1) is 0 Å². The van der Waals surface area contributed by atoms with Gasteiger partial charge in [-0.25, -0.2) is 4.39 Å². The van der Waals surface area contributed by atoms with Gasteiger partial charge in [-0.1, -0.05) is 36.7 Å². The average molecular weight is 308 g/mol. The molecule has 0 aliphatic rings. The van der Waals surface area contributed by atoms with Gasteiger partial charge >= 0.3 is 0 Å². The Bertz CT molecular complexity index is 586. The van der Waals surface area contributed by atoms with Crippen molar-refractivity contribution in [3.63, 3.8) is 0 Å². The highest BCUT2D eigenvalue weighted by Gasteiger charge is 2.16. The van der Waals surface area contributed by atoms with E-state index in [9.17, 15) is 4.39 Å². The summed E-state index contributed by atoms with van der Waals surface area (Å²) < 4.78 is 19.6. The molecule has 2 rings (SSSR count). The Labute approximate surface area is 129 Å². The number of hydrogen-bond acceptors (Lipinski definition) is 2. The smallest absolute Gasteiger partial charge is 0.129 e. The fourth-order valence-corrected chi connectivity index (χ4v) is 2.37. The van der Waals surface area contributed by atoms with Crippen LogP contribution < -0.4 is 10.1 Å². The van der Waals surface area contributed by atoms with Crippen LogP contribution in [0.15, 0.2) is 42.5 Å². The molecule has 2 aromatic rings. The van der Waals surface area contributed by atoms with Gasteiger partial charge in [-0.05, 0) is 43.3 Å². The lowest BCUT2D eigenvalue weighted by molar-refractivity contribution is 0.317. The minimum absolute atomic E-state index is 0.220. The molecule has 0 heterocycles. The predicted molar refractivity (Wildman–Crippen MR) is 84.5 cm³/mol. The number of hydrogen-bond donors (Lipinski definition) is 1. The zero-order valence-corrected chi connectivity index (χ0v) is 13.0. The van der Waals surface area contributed by atoms with Gasteiger partial charge in [-0.2, -0.15) is 0 Å². The number of rotatable bonds is 6. The average Bonchev–Trinajstić information content (AvgIpc) is 2.49. The second-order valence-corrected chi connectivity index (χ2v) is 5.24. The molecule has 1 N–H and O–H groups in total. The van der Waals surface area contributed by atoms with Crippen molar-refractivity contribution in [1.29, 1.82) is 0 Å². The predicted octanol–water partition coefficient (Wildman–Crippen LogP) is 4.58. The van der Waals surface area contributed by atoms with E-state index in [4.69, 9.17) is 16.3 Å². The van der Waals surface area contributed by atoms with Crippen LogP contribution in [0.2, 0.25) is 5.02 Å². The van der Waals surface area contributed by atoms with Gasteiger partial charge in [0.15, 0.2) is 0 Å². The molecule has 1 unspecified atom stereocenters. The van der Waals surface area contributed by atoms with Crippen molar-refractivity contribution < 1.29 is 9.13 Å². The van der Waals surface area contributed by atoms with Crippen molar-refractivity contribution in [3.8, 4) is 5.75 Å². The molecule has 0 fully saturated rings. The van der Waals surface area contributed by atoms with Crippen molar-refractivity contribution >= 4 is 11.6 Å². The zero-order chi connectivity index (χ0) is 15.2. The Kier molecular flexibility index (Phi) is 5.59. The van der Waals surface area contributed by atoms with E-state index in [1.807, 2.05) is 24.3 Å². The molecule has 0 amide bonds. The molecular weight excluding hydrogens is 289 g/mol. The van der Waals surface area contributed by atoms with Crippen LogP contribution in [0.1, 0.15) is 30.5 Å². The van der Waals surface area contributed by atoms with E-state index in [1.165, 1.54) is 6.07 Å². The number of ether oxygens (including phenoxy) is 1. The Morgan fingerprint density at radius 2 is 1.90 bits per heavy atom. The summed E-state index contributed by atoms with van der Waals surface area (Å²) in [6.45, 7) is 2.76. The quantitative estimate of drug-likeness (QED) is 0.843. The monoisotopic (exact) mass is 307 g/mol. The topological polar surface area (TPSA) is 21.3 Å². The first-order valence-electron chi connectivity index (χ1n) is 7.00. The van der Waals surface area contributed by atoms with E-state index < -0.39 is 0 Å². The molecule has 0 radical (unpaired) electrons. The summed E-state index contributed by atoms with van der Waals surface area (Å²) in [7, 11) is 1.81. The maximum atomic E-state index is 14.1. The number of halogens is 2. The number of benzene rings is 2. The summed E-state index contributed by atoms with van der Waals surface area (Å²) in [5.74, 6) is 0.514. The van der Waals surface area contributed by atoms with E-state index in [-0.39, 0.29) is 11.9 Å². The molecule has 0 bridgehead atoms. The summed E-state index contributed by atoms with van der Waals surface area (Å²) in [4.78, 5) is 0. The van der Waals surface area contributed by atoms with Crippen LogP contribution in [0.5, 0.6) is 5.75 Å². The highest BCUT2D eigenvalue weighted by molar-refractivity contribution is 6.30. The summed E-state index contributed by atoms with van der Waals surface area (Å²) in [5, 5.41) is 3.53. The van der Waals surface area contributed by atoms with Crippen LogP contribution in [-0.2, 0) is 0 Å². The van der Waals surface area contributed by atoms with Crippen LogP contribution >= 0.6 is 11.6 Å². The lowest BCUT2D eigenvalue weighted by Gasteiger charge is -2.18. The first-order valence-corrected chi connectivity index (χ1v) is 7.38. The number of nitrogens with one attached hydrogen (secondary N) is 1. The molecule has 2 aromatic carbocycles. The van der Waals surface area contributed by atoms with E-state index in [0.29, 0.717) is 17.2 Å². The largest absolute Gasteiger partial charge is 0.494 e. The standard InChI is InChI=1S/C17H19ClFNO/c1-3-10-21-14-7-4-12(5-8-14)17(20-2)15-9-6-13(18)11-16(15)19/h4-9,11,17,20H,3,10H2,1-2H3. The van der Waals surface area contributed by atoms with Gasteiger partial charge in [0.1, 0.15) is 11.6 Å². The normalized spacial score (nSPS) is 12.2. The lowest BCUT2D eigenvalue weighted by Crippen LogP contribution is -2.18. The van der Waals surface area contributed by atoms with E-state index in [1.54, 1.807) is 19.2 Å². The zero-order valence-electron chi connectivity index (χ0n) is 12.2. The fraction of sp³-hybridized carbons (Fsp3) is 0.294. The fourth-order valence-electron chi connectivity index (χ4n) is 2.21. The third kappa shape index (κ3) is 3.96. The Hall–Kier alpha value is -1.58. The lowest BCUT2D eigenvalue weighted by atomic mass is 9.98. The van der Waals surface area contributed by atoms with Crippen molar-refractivity contribution in [2.24, 2.45) is 0 Å². The van der Waals surface area contributed by atoms with Crippen LogP contribution in [0.3, 0.4) is 0 Å². The minimum atomic E-state index is -0.312. The van der Waals surface area contributed by atoms with Gasteiger partial charge in [0, 0.05) is 10.6 Å². The summed E-state index contributed by atoms with van der Waals surface area (Å²) in [5.41, 5.74) is 1.55. The summed E-state index contributed by atoms with van der Waals surface area (Å²) >= 11 is 5.80. The Morgan fingerprint density at radius 1 is 1.19 bits per heavy atom. The van der Waals surface area contributed by atoms with Crippen molar-refractivity contribution in [3.05, 3.63) is 64.4 Å². The van der Waals surface area contributed by atoms with Crippen LogP contribution in [0, 0.1) is 5.82 Å². The summed E-state index contributed by atoms with van der Waals surface area (Å²) in [6, 6.07) is 12.2. The Balaban J connectivity index is 2.24. The molecule has 0 aromatic heterocycles. The third-order valence-corrected chi connectivity index (χ3v) is 3.48. The van der Waals surface area contributed by atoms with Gasteiger partial charge in [0.2, 0.25) is 0 Å². The van der Waals surface area contributed by atoms with Gasteiger partial charge in [-0.3, -0.25) is 0 Å². The van der Waals surface area contributed by atoms with Crippen LogP contribution in [0.4, 0.5) is 4.39 Å². The van der Waals surface area contributed by atoms with E-state index in [2.05, 4.69) is 12.2 Å². The molecule has 1 atom stereocenters. The Morgan fingerprint density at radius 3 is 2.48 bits per heavy atom. The highest BCUT2D eigenvalue weighted by Crippen LogP contribution is 2.27. The molecule has 0 spiro atoms. The molecular formula is C17H19ClFNO. The first kappa shape index (κ1) is 15.8. The molecule has 0 aliphatic carbocycles. The van der Waals surface area contributed by atoms with Crippen molar-refractivity contribution in [2.45, 2.75) is 19.4 Å². The first-order chi connectivity index (χ1) is 10.2. The minimum Gasteiger partial charge on any atom is -0.494 e. The maximum Gasteiger partial charge on any atom is 0.129 e. The second-order valence-electron chi connectivity index (χ2n) is 4.81. The van der Waals surface area contributed by atoms with Crippen molar-refractivity contribution in [2.75, 3.05) is 13.7 Å². The molecule has 4 heteroatoms. The summed E-state index contributed by atoms with van der Waals surface area (Å²) in [6.07, 6.45) is 0.969. The molecule has 0 aliphatic heterocycles. The van der Waals surface area contributed by atoms with Crippen LogP contribution in [-0.4, -0.2) is 13.7 Å². The molecule has 112 valence electrons. The van der Waals surface area contributed by atoms with E-state index in [0.717, 1.165) is 17.7 Å². The van der Waals surface area contributed by atoms with Gasteiger partial charge in [0.25, 0.3) is 0 Å². The molecule has 21 heavy (non-hydrogen) atoms. The van der Waals surface area contributed by atoms with Gasteiger partial charge < -0.3 is 10.1 Å². The molecule has 0 saturated heterocycles. The maximum absolute atomic E-state index is 14.1. The van der Waals surface area contributed by atoms with E-state index >= 15 is 0 Å². The molecule has 2 nitrogen and oxygen atoms in total. The van der Waals surface area contributed by atoms with Crippen LogP contribution in [0.25, 0.3) is 0 Å². The highest BCUT2D eigenvalue weighted by atomic mass is 35.5. The van der Waals surface area contributed by atoms with Gasteiger partial charge in [0.05, 0.1) is 12.6 Å². The third-order valence-electron chi connectivity index (χ3n) is 3.25. The second kappa shape index (κ2) is 7.43.